The van der Waals surface area contributed by atoms with Crippen molar-refractivity contribution in [3.05, 3.63) is 54.1 Å². The molecule has 1 saturated heterocycles. The number of benzene rings is 2. The lowest BCUT2D eigenvalue weighted by atomic mass is 9.98. The van der Waals surface area contributed by atoms with Crippen LogP contribution in [0.25, 0.3) is 22.4 Å². The predicted molar refractivity (Wildman–Crippen MR) is 118 cm³/mol. The second-order valence-electron chi connectivity index (χ2n) is 7.69. The van der Waals surface area contributed by atoms with Crippen LogP contribution in [-0.2, 0) is 19.1 Å². The van der Waals surface area contributed by atoms with Crippen LogP contribution in [0, 0.1) is 5.92 Å². The molecule has 0 bridgehead atoms. The molecule has 2 heterocycles. The summed E-state index contributed by atoms with van der Waals surface area (Å²) in [5.41, 5.74) is 2.71. The molecule has 1 N–H and O–H groups in total. The number of imidazole rings is 1. The van der Waals surface area contributed by atoms with Gasteiger partial charge in [-0.25, -0.2) is 9.78 Å². The highest BCUT2D eigenvalue weighted by atomic mass is 16.5. The second kappa shape index (κ2) is 9.64. The first-order valence-electron chi connectivity index (χ1n) is 10.7. The number of fused-ring (bicyclic) bond motifs is 1. The first-order chi connectivity index (χ1) is 15.5. The van der Waals surface area contributed by atoms with Crippen LogP contribution in [0.1, 0.15) is 30.1 Å². The van der Waals surface area contributed by atoms with Crippen molar-refractivity contribution in [1.29, 1.82) is 0 Å². The van der Waals surface area contributed by atoms with Crippen LogP contribution in [0.4, 0.5) is 0 Å². The zero-order chi connectivity index (χ0) is 22.5. The van der Waals surface area contributed by atoms with Gasteiger partial charge in [-0.2, -0.15) is 0 Å². The van der Waals surface area contributed by atoms with E-state index in [9.17, 15) is 14.4 Å². The number of aromatic amines is 1. The fourth-order valence-electron chi connectivity index (χ4n) is 3.83. The summed E-state index contributed by atoms with van der Waals surface area (Å²) in [6.07, 6.45) is 1.40. The number of aromatic nitrogens is 2. The molecule has 166 valence electrons. The summed E-state index contributed by atoms with van der Waals surface area (Å²) in [5, 5.41) is 0. The van der Waals surface area contributed by atoms with Crippen molar-refractivity contribution in [3.8, 4) is 11.4 Å². The Hall–Kier alpha value is -3.68. The van der Waals surface area contributed by atoms with Gasteiger partial charge >= 0.3 is 11.9 Å². The zero-order valence-corrected chi connectivity index (χ0v) is 17.9. The van der Waals surface area contributed by atoms with Crippen molar-refractivity contribution in [1.82, 2.24) is 14.9 Å². The van der Waals surface area contributed by atoms with E-state index in [1.807, 2.05) is 30.3 Å². The predicted octanol–water partition coefficient (Wildman–Crippen LogP) is 3.19. The Morgan fingerprint density at radius 3 is 2.72 bits per heavy atom. The van der Waals surface area contributed by atoms with Crippen LogP contribution in [0.5, 0.6) is 0 Å². The summed E-state index contributed by atoms with van der Waals surface area (Å²) in [4.78, 5) is 46.3. The Bertz CT molecular complexity index is 1130. The Morgan fingerprint density at radius 1 is 1.12 bits per heavy atom. The van der Waals surface area contributed by atoms with Crippen molar-refractivity contribution < 1.29 is 23.9 Å². The maximum absolute atomic E-state index is 12.5. The van der Waals surface area contributed by atoms with E-state index in [0.717, 1.165) is 11.1 Å². The van der Waals surface area contributed by atoms with E-state index < -0.39 is 5.97 Å². The van der Waals surface area contributed by atoms with Crippen molar-refractivity contribution in [2.75, 3.05) is 26.3 Å². The minimum absolute atomic E-state index is 0.287. The number of esters is 2. The van der Waals surface area contributed by atoms with Gasteiger partial charge in [-0.3, -0.25) is 9.59 Å². The molecule has 1 aromatic heterocycles. The molecule has 0 spiro atoms. The van der Waals surface area contributed by atoms with Gasteiger partial charge in [-0.1, -0.05) is 30.3 Å². The van der Waals surface area contributed by atoms with E-state index >= 15 is 0 Å². The summed E-state index contributed by atoms with van der Waals surface area (Å²) < 4.78 is 10.3. The van der Waals surface area contributed by atoms with Gasteiger partial charge < -0.3 is 19.4 Å². The van der Waals surface area contributed by atoms with Crippen LogP contribution in [-0.4, -0.2) is 59.0 Å². The fourth-order valence-corrected chi connectivity index (χ4v) is 3.83. The third-order valence-corrected chi connectivity index (χ3v) is 5.49. The topological polar surface area (TPSA) is 102 Å². The third kappa shape index (κ3) is 4.80. The van der Waals surface area contributed by atoms with Crippen molar-refractivity contribution in [2.45, 2.75) is 19.8 Å². The minimum Gasteiger partial charge on any atom is -0.466 e. The van der Waals surface area contributed by atoms with Crippen LogP contribution in [0.15, 0.2) is 48.5 Å². The second-order valence-corrected chi connectivity index (χ2v) is 7.69. The molecule has 1 fully saturated rings. The highest BCUT2D eigenvalue weighted by Crippen LogP contribution is 2.22. The lowest BCUT2D eigenvalue weighted by Gasteiger charge is -2.31. The number of ether oxygens (including phenoxy) is 2. The summed E-state index contributed by atoms with van der Waals surface area (Å²) in [6.45, 7) is 2.53. The first-order valence-corrected chi connectivity index (χ1v) is 10.7. The number of hydrogen-bond donors (Lipinski definition) is 1. The molecular formula is C24H25N3O5. The molecule has 0 radical (unpaired) electrons. The number of H-pyrrole nitrogens is 1. The Labute approximate surface area is 185 Å². The molecule has 3 aromatic rings. The highest BCUT2D eigenvalue weighted by molar-refractivity contribution is 5.95. The number of piperidine rings is 1. The smallest absolute Gasteiger partial charge is 0.338 e. The quantitative estimate of drug-likeness (QED) is 0.597. The van der Waals surface area contributed by atoms with Crippen molar-refractivity contribution in [2.24, 2.45) is 5.92 Å². The zero-order valence-electron chi connectivity index (χ0n) is 17.9. The summed E-state index contributed by atoms with van der Waals surface area (Å²) in [5.74, 6) is -0.811. The van der Waals surface area contributed by atoms with E-state index in [4.69, 9.17) is 9.47 Å². The number of amides is 1. The molecule has 1 aliphatic heterocycles. The third-order valence-electron chi connectivity index (χ3n) is 5.49. The molecule has 0 saturated carbocycles. The van der Waals surface area contributed by atoms with Gasteiger partial charge in [0, 0.05) is 18.7 Å². The summed E-state index contributed by atoms with van der Waals surface area (Å²) in [6, 6.07) is 14.7. The minimum atomic E-state index is -0.588. The fraction of sp³-hybridized carbons (Fsp3) is 0.333. The number of carbonyl (C=O) groups excluding carboxylic acids is 3. The molecule has 8 heteroatoms. The Balaban J connectivity index is 1.37. The summed E-state index contributed by atoms with van der Waals surface area (Å²) in [7, 11) is 0. The molecule has 2 aromatic carbocycles. The summed E-state index contributed by atoms with van der Waals surface area (Å²) >= 11 is 0. The monoisotopic (exact) mass is 435 g/mol. The number of hydrogen-bond acceptors (Lipinski definition) is 6. The van der Waals surface area contributed by atoms with Gasteiger partial charge in [-0.05, 0) is 38.0 Å². The van der Waals surface area contributed by atoms with Gasteiger partial charge in [0.25, 0.3) is 5.91 Å². The van der Waals surface area contributed by atoms with Crippen LogP contribution in [0.3, 0.4) is 0 Å². The van der Waals surface area contributed by atoms with E-state index in [-0.39, 0.29) is 30.9 Å². The largest absolute Gasteiger partial charge is 0.466 e. The number of carbonyl (C=O) groups is 3. The van der Waals surface area contributed by atoms with Gasteiger partial charge in [0.15, 0.2) is 6.61 Å². The molecule has 0 aliphatic carbocycles. The molecule has 1 aliphatic rings. The maximum Gasteiger partial charge on any atom is 0.338 e. The first kappa shape index (κ1) is 21.5. The normalized spacial score (nSPS) is 16.0. The van der Waals surface area contributed by atoms with E-state index in [2.05, 4.69) is 9.97 Å². The Kier molecular flexibility index (Phi) is 6.49. The van der Waals surface area contributed by atoms with Gasteiger partial charge in [-0.15, -0.1) is 0 Å². The van der Waals surface area contributed by atoms with Gasteiger partial charge in [0.1, 0.15) is 5.82 Å². The lowest BCUT2D eigenvalue weighted by molar-refractivity contribution is -0.151. The van der Waals surface area contributed by atoms with Crippen LogP contribution < -0.4 is 0 Å². The van der Waals surface area contributed by atoms with E-state index in [1.165, 1.54) is 0 Å². The lowest BCUT2D eigenvalue weighted by Crippen LogP contribution is -2.44. The number of rotatable bonds is 6. The average molecular weight is 435 g/mol. The molecule has 1 unspecified atom stereocenters. The molecule has 8 nitrogen and oxygen atoms in total. The average Bonchev–Trinajstić information content (AvgIpc) is 3.26. The SMILES string of the molecule is CCOC(=O)C1CCCN(C(=O)COC(=O)c2ccc3nc(-c4ccccc4)[nH]c3c2)C1. The molecule has 1 atom stereocenters. The van der Waals surface area contributed by atoms with Crippen LogP contribution in [0.2, 0.25) is 0 Å². The van der Waals surface area contributed by atoms with E-state index in [0.29, 0.717) is 42.9 Å². The number of nitrogens with zero attached hydrogens (tertiary/aromatic N) is 2. The number of nitrogens with one attached hydrogen (secondary N) is 1. The van der Waals surface area contributed by atoms with E-state index in [1.54, 1.807) is 30.0 Å². The standard InChI is InChI=1S/C24H25N3O5/c1-2-31-24(30)18-9-6-12-27(14-18)21(28)15-32-23(29)17-10-11-19-20(13-17)26-22(25-19)16-7-4-3-5-8-16/h3-5,7-8,10-11,13,18H,2,6,9,12,14-15H2,1H3,(H,25,26). The molecule has 32 heavy (non-hydrogen) atoms. The Morgan fingerprint density at radius 2 is 1.94 bits per heavy atom. The molecule has 4 rings (SSSR count). The highest BCUT2D eigenvalue weighted by Gasteiger charge is 2.29. The molecule has 1 amide bonds. The maximum atomic E-state index is 12.5. The van der Waals surface area contributed by atoms with Gasteiger partial charge in [0.05, 0.1) is 29.1 Å². The van der Waals surface area contributed by atoms with Crippen molar-refractivity contribution >= 4 is 28.9 Å². The van der Waals surface area contributed by atoms with Crippen molar-refractivity contribution in [3.63, 3.8) is 0 Å². The molecular weight excluding hydrogens is 410 g/mol. The number of likely N-dealkylation sites (tertiary alicyclic amines) is 1. The van der Waals surface area contributed by atoms with Crippen LogP contribution >= 0.6 is 0 Å². The van der Waals surface area contributed by atoms with Gasteiger partial charge in [0.2, 0.25) is 0 Å².